The molecule has 2 aromatic rings. The molecule has 0 radical (unpaired) electrons. The molecular formula is C15H13ClN2. The molecule has 0 atom stereocenters. The lowest BCUT2D eigenvalue weighted by atomic mass is 10.1. The lowest BCUT2D eigenvalue weighted by molar-refractivity contribution is 1.24. The molecule has 3 rings (SSSR count). The monoisotopic (exact) mass is 256 g/mol. The van der Waals surface area contributed by atoms with E-state index in [0.717, 1.165) is 28.2 Å². The first-order chi connectivity index (χ1) is 8.65. The van der Waals surface area contributed by atoms with Crippen LogP contribution in [0.3, 0.4) is 0 Å². The molecule has 0 saturated heterocycles. The van der Waals surface area contributed by atoms with Crippen LogP contribution >= 0.6 is 11.6 Å². The zero-order valence-electron chi connectivity index (χ0n) is 10.3. The van der Waals surface area contributed by atoms with Crippen LogP contribution in [0.15, 0.2) is 35.3 Å². The summed E-state index contributed by atoms with van der Waals surface area (Å²) in [5.41, 5.74) is 6.48. The highest BCUT2D eigenvalue weighted by Gasteiger charge is 2.18. The third kappa shape index (κ3) is 1.79. The Morgan fingerprint density at radius 1 is 1.17 bits per heavy atom. The second-order valence-corrected chi connectivity index (χ2v) is 4.88. The summed E-state index contributed by atoms with van der Waals surface area (Å²) < 4.78 is 0. The van der Waals surface area contributed by atoms with Crippen LogP contribution in [0.5, 0.6) is 0 Å². The Morgan fingerprint density at radius 2 is 1.89 bits per heavy atom. The number of hydrogen-bond donors (Lipinski definition) is 1. The van der Waals surface area contributed by atoms with E-state index in [1.807, 2.05) is 31.2 Å². The van der Waals surface area contributed by atoms with E-state index in [2.05, 4.69) is 29.0 Å². The molecule has 0 amide bonds. The molecule has 1 aliphatic rings. The maximum atomic E-state index is 6.15. The second-order valence-electron chi connectivity index (χ2n) is 4.53. The first-order valence-electron chi connectivity index (χ1n) is 5.87. The van der Waals surface area contributed by atoms with E-state index >= 15 is 0 Å². The van der Waals surface area contributed by atoms with Crippen LogP contribution in [0.4, 0.5) is 0 Å². The van der Waals surface area contributed by atoms with Crippen LogP contribution in [0.25, 0.3) is 11.8 Å². The molecular weight excluding hydrogens is 244 g/mol. The normalized spacial score (nSPS) is 15.9. The zero-order valence-corrected chi connectivity index (χ0v) is 11.0. The highest BCUT2D eigenvalue weighted by Crippen LogP contribution is 2.31. The van der Waals surface area contributed by atoms with Gasteiger partial charge in [0.05, 0.1) is 5.70 Å². The molecule has 18 heavy (non-hydrogen) atoms. The summed E-state index contributed by atoms with van der Waals surface area (Å²) in [7, 11) is 0. The minimum Gasteiger partial charge on any atom is -0.359 e. The van der Waals surface area contributed by atoms with Gasteiger partial charge in [-0.25, -0.2) is 4.99 Å². The van der Waals surface area contributed by atoms with Crippen LogP contribution < -0.4 is 0 Å². The average molecular weight is 257 g/mol. The van der Waals surface area contributed by atoms with Gasteiger partial charge in [-0.05, 0) is 31.6 Å². The predicted molar refractivity (Wildman–Crippen MR) is 77.0 cm³/mol. The molecule has 0 saturated carbocycles. The number of halogens is 1. The van der Waals surface area contributed by atoms with E-state index in [1.165, 1.54) is 5.56 Å². The van der Waals surface area contributed by atoms with Crippen LogP contribution in [-0.4, -0.2) is 10.2 Å². The Labute approximate surface area is 111 Å². The van der Waals surface area contributed by atoms with Crippen molar-refractivity contribution >= 4 is 28.5 Å². The molecule has 0 bridgehead atoms. The number of aromatic amines is 1. The molecule has 0 fully saturated rings. The second kappa shape index (κ2) is 4.14. The van der Waals surface area contributed by atoms with E-state index in [9.17, 15) is 0 Å². The number of nitrogens with zero attached hydrogens (tertiary/aromatic N) is 1. The zero-order chi connectivity index (χ0) is 12.7. The summed E-state index contributed by atoms with van der Waals surface area (Å²) in [5.74, 6) is 0. The van der Waals surface area contributed by atoms with Crippen molar-refractivity contribution in [2.75, 3.05) is 0 Å². The average Bonchev–Trinajstić information content (AvgIpc) is 2.82. The quantitative estimate of drug-likeness (QED) is 0.795. The summed E-state index contributed by atoms with van der Waals surface area (Å²) in [6, 6.07) is 10.1. The molecule has 2 nitrogen and oxygen atoms in total. The van der Waals surface area contributed by atoms with Gasteiger partial charge in [-0.3, -0.25) is 0 Å². The Bertz CT molecular complexity index is 678. The maximum absolute atomic E-state index is 6.15. The van der Waals surface area contributed by atoms with Crippen molar-refractivity contribution in [2.24, 2.45) is 4.99 Å². The van der Waals surface area contributed by atoms with Crippen LogP contribution in [0.2, 0.25) is 0 Å². The molecule has 0 unspecified atom stereocenters. The molecule has 1 aliphatic heterocycles. The Morgan fingerprint density at radius 3 is 2.56 bits per heavy atom. The van der Waals surface area contributed by atoms with Gasteiger partial charge >= 0.3 is 0 Å². The van der Waals surface area contributed by atoms with Crippen molar-refractivity contribution in [1.82, 2.24) is 4.98 Å². The summed E-state index contributed by atoms with van der Waals surface area (Å²) >= 11 is 6.15. The van der Waals surface area contributed by atoms with Gasteiger partial charge in [-0.1, -0.05) is 35.9 Å². The van der Waals surface area contributed by atoms with E-state index in [0.29, 0.717) is 5.17 Å². The van der Waals surface area contributed by atoms with Crippen molar-refractivity contribution in [3.8, 4) is 0 Å². The number of rotatable bonds is 1. The Hall–Kier alpha value is -1.80. The number of hydrogen-bond acceptors (Lipinski definition) is 1. The van der Waals surface area contributed by atoms with Gasteiger partial charge < -0.3 is 4.98 Å². The summed E-state index contributed by atoms with van der Waals surface area (Å²) in [4.78, 5) is 7.75. The molecule has 90 valence electrons. The van der Waals surface area contributed by atoms with E-state index in [-0.39, 0.29) is 0 Å². The third-order valence-corrected chi connectivity index (χ3v) is 3.40. The van der Waals surface area contributed by atoms with Crippen molar-refractivity contribution in [2.45, 2.75) is 13.8 Å². The molecule has 3 heteroatoms. The first kappa shape index (κ1) is 11.3. The van der Waals surface area contributed by atoms with E-state index in [4.69, 9.17) is 11.6 Å². The largest absolute Gasteiger partial charge is 0.359 e. The smallest absolute Gasteiger partial charge is 0.137 e. The van der Waals surface area contributed by atoms with E-state index < -0.39 is 0 Å². The summed E-state index contributed by atoms with van der Waals surface area (Å²) in [5, 5.41) is 0.567. The van der Waals surface area contributed by atoms with Crippen molar-refractivity contribution in [3.05, 3.63) is 58.4 Å². The van der Waals surface area contributed by atoms with Gasteiger partial charge in [0.2, 0.25) is 0 Å². The van der Waals surface area contributed by atoms with Crippen LogP contribution in [-0.2, 0) is 0 Å². The standard InChI is InChI=1S/C15H13ClN2/c1-9-7-10(2)17-13(9)8-14-11-5-3-4-6-12(11)15(16)18-14/h3-8,17H,1-2H3/b14-8-. The number of H-pyrrole nitrogens is 1. The first-order valence-corrected chi connectivity index (χ1v) is 6.25. The fourth-order valence-electron chi connectivity index (χ4n) is 2.26. The van der Waals surface area contributed by atoms with Gasteiger partial charge in [0.1, 0.15) is 5.17 Å². The number of benzene rings is 1. The lowest BCUT2D eigenvalue weighted by Gasteiger charge is -1.99. The number of aromatic nitrogens is 1. The highest BCUT2D eigenvalue weighted by molar-refractivity contribution is 6.71. The van der Waals surface area contributed by atoms with Gasteiger partial charge in [0.15, 0.2) is 0 Å². The molecule has 1 aromatic carbocycles. The number of fused-ring (bicyclic) bond motifs is 1. The fraction of sp³-hybridized carbons (Fsp3) is 0.133. The minimum absolute atomic E-state index is 0.567. The van der Waals surface area contributed by atoms with Crippen molar-refractivity contribution < 1.29 is 0 Å². The fourth-order valence-corrected chi connectivity index (χ4v) is 2.51. The van der Waals surface area contributed by atoms with E-state index in [1.54, 1.807) is 0 Å². The molecule has 2 heterocycles. The molecule has 0 aliphatic carbocycles. The van der Waals surface area contributed by atoms with Crippen LogP contribution in [0.1, 0.15) is 28.1 Å². The maximum Gasteiger partial charge on any atom is 0.137 e. The SMILES string of the molecule is Cc1cc(C)c(/C=C2\N=C(Cl)c3ccccc32)[nH]1. The van der Waals surface area contributed by atoms with Crippen molar-refractivity contribution in [3.63, 3.8) is 0 Å². The lowest BCUT2D eigenvalue weighted by Crippen LogP contribution is -1.86. The number of aryl methyl sites for hydroxylation is 2. The third-order valence-electron chi connectivity index (χ3n) is 3.11. The van der Waals surface area contributed by atoms with Crippen molar-refractivity contribution in [1.29, 1.82) is 0 Å². The van der Waals surface area contributed by atoms with Gasteiger partial charge in [0.25, 0.3) is 0 Å². The molecule has 1 N–H and O–H groups in total. The van der Waals surface area contributed by atoms with Gasteiger partial charge in [0, 0.05) is 22.5 Å². The predicted octanol–water partition coefficient (Wildman–Crippen LogP) is 4.13. The summed E-state index contributed by atoms with van der Waals surface area (Å²) in [6.07, 6.45) is 2.05. The highest BCUT2D eigenvalue weighted by atomic mass is 35.5. The molecule has 1 aromatic heterocycles. The van der Waals surface area contributed by atoms with Crippen LogP contribution in [0, 0.1) is 13.8 Å². The Kier molecular flexibility index (Phi) is 2.60. The van der Waals surface area contributed by atoms with Gasteiger partial charge in [-0.15, -0.1) is 0 Å². The van der Waals surface area contributed by atoms with Gasteiger partial charge in [-0.2, -0.15) is 0 Å². The number of nitrogens with one attached hydrogen (secondary N) is 1. The minimum atomic E-state index is 0.567. The number of aliphatic imine (C=N–C) groups is 1. The Balaban J connectivity index is 2.12. The summed E-state index contributed by atoms with van der Waals surface area (Å²) in [6.45, 7) is 4.13. The topological polar surface area (TPSA) is 28.1 Å². The molecule has 0 spiro atoms.